The summed E-state index contributed by atoms with van der Waals surface area (Å²) >= 11 is 18.1. The Morgan fingerprint density at radius 1 is 1.21 bits per heavy atom. The maximum Gasteiger partial charge on any atom is 0.138 e. The van der Waals surface area contributed by atoms with Gasteiger partial charge >= 0.3 is 0 Å². The highest BCUT2D eigenvalue weighted by Crippen LogP contribution is 2.28. The van der Waals surface area contributed by atoms with Crippen LogP contribution >= 0.6 is 34.8 Å². The molecule has 0 aliphatic carbocycles. The number of nitrogens with zero attached hydrogens (tertiary/aromatic N) is 2. The molecule has 1 aromatic heterocycles. The fraction of sp³-hybridized carbons (Fsp3) is 0.308. The van der Waals surface area contributed by atoms with Crippen LogP contribution in [0.5, 0.6) is 0 Å². The van der Waals surface area contributed by atoms with E-state index in [2.05, 4.69) is 5.10 Å². The van der Waals surface area contributed by atoms with Crippen molar-refractivity contribution < 1.29 is 5.11 Å². The zero-order valence-corrected chi connectivity index (χ0v) is 12.6. The van der Waals surface area contributed by atoms with Gasteiger partial charge in [0.1, 0.15) is 5.15 Å². The standard InChI is InChI=1S/C13H13Cl3N2O/c1-2-3-12-9(7-19)13(16)18(17-12)8-4-5-10(14)11(15)6-8/h4-6,19H,2-3,7H2,1H3. The number of hydrogen-bond donors (Lipinski definition) is 1. The lowest BCUT2D eigenvalue weighted by Gasteiger charge is -2.04. The van der Waals surface area contributed by atoms with Gasteiger partial charge in [-0.15, -0.1) is 0 Å². The van der Waals surface area contributed by atoms with Crippen molar-refractivity contribution in [2.45, 2.75) is 26.4 Å². The SMILES string of the molecule is CCCc1nn(-c2ccc(Cl)c(Cl)c2)c(Cl)c1CO. The Balaban J connectivity index is 2.52. The third-order valence-electron chi connectivity index (χ3n) is 2.80. The molecule has 19 heavy (non-hydrogen) atoms. The molecule has 3 nitrogen and oxygen atoms in total. The Morgan fingerprint density at radius 2 is 1.95 bits per heavy atom. The summed E-state index contributed by atoms with van der Waals surface area (Å²) < 4.78 is 1.57. The molecule has 102 valence electrons. The lowest BCUT2D eigenvalue weighted by Crippen LogP contribution is -1.97. The van der Waals surface area contributed by atoms with E-state index in [1.54, 1.807) is 22.9 Å². The van der Waals surface area contributed by atoms with E-state index in [1.807, 2.05) is 6.92 Å². The number of benzene rings is 1. The second kappa shape index (κ2) is 6.14. The first kappa shape index (κ1) is 14.7. The van der Waals surface area contributed by atoms with Crippen LogP contribution in [0.4, 0.5) is 0 Å². The maximum absolute atomic E-state index is 9.40. The van der Waals surface area contributed by atoms with Gasteiger partial charge in [0, 0.05) is 5.56 Å². The number of aromatic nitrogens is 2. The largest absolute Gasteiger partial charge is 0.391 e. The third-order valence-corrected chi connectivity index (χ3v) is 3.92. The van der Waals surface area contributed by atoms with E-state index < -0.39 is 0 Å². The summed E-state index contributed by atoms with van der Waals surface area (Å²) in [7, 11) is 0. The number of aliphatic hydroxyl groups is 1. The summed E-state index contributed by atoms with van der Waals surface area (Å²) in [6, 6.07) is 5.17. The summed E-state index contributed by atoms with van der Waals surface area (Å²) in [6.07, 6.45) is 1.70. The molecule has 1 aromatic carbocycles. The van der Waals surface area contributed by atoms with Gasteiger partial charge in [0.05, 0.1) is 28.0 Å². The Kier molecular flexibility index (Phi) is 4.74. The molecule has 0 spiro atoms. The molecule has 0 bridgehead atoms. The molecule has 6 heteroatoms. The summed E-state index contributed by atoms with van der Waals surface area (Å²) in [5, 5.41) is 15.2. The van der Waals surface area contributed by atoms with Gasteiger partial charge < -0.3 is 5.11 Å². The monoisotopic (exact) mass is 318 g/mol. The minimum absolute atomic E-state index is 0.129. The first-order valence-corrected chi connectivity index (χ1v) is 7.04. The molecular formula is C13H13Cl3N2O. The fourth-order valence-corrected chi connectivity index (χ4v) is 2.45. The zero-order valence-electron chi connectivity index (χ0n) is 10.3. The van der Waals surface area contributed by atoms with Crippen molar-refractivity contribution in [3.05, 3.63) is 44.7 Å². The van der Waals surface area contributed by atoms with Crippen molar-refractivity contribution in [2.75, 3.05) is 0 Å². The summed E-state index contributed by atoms with van der Waals surface area (Å²) in [5.74, 6) is 0. The van der Waals surface area contributed by atoms with Crippen LogP contribution in [-0.2, 0) is 13.0 Å². The lowest BCUT2D eigenvalue weighted by atomic mass is 10.2. The predicted molar refractivity (Wildman–Crippen MR) is 78.5 cm³/mol. The van der Waals surface area contributed by atoms with Crippen LogP contribution in [0.1, 0.15) is 24.6 Å². The minimum atomic E-state index is -0.129. The van der Waals surface area contributed by atoms with Gasteiger partial charge in [0.2, 0.25) is 0 Å². The van der Waals surface area contributed by atoms with E-state index in [4.69, 9.17) is 34.8 Å². The van der Waals surface area contributed by atoms with E-state index in [-0.39, 0.29) is 6.61 Å². The first-order valence-electron chi connectivity index (χ1n) is 5.91. The number of halogens is 3. The van der Waals surface area contributed by atoms with Crippen molar-refractivity contribution in [3.8, 4) is 5.69 Å². The average Bonchev–Trinajstić information content (AvgIpc) is 2.70. The smallest absolute Gasteiger partial charge is 0.138 e. The van der Waals surface area contributed by atoms with Crippen LogP contribution in [0.15, 0.2) is 18.2 Å². The molecule has 0 aliphatic heterocycles. The Hall–Kier alpha value is -0.740. The first-order chi connectivity index (χ1) is 9.08. The van der Waals surface area contributed by atoms with E-state index in [9.17, 15) is 5.11 Å². The molecular weight excluding hydrogens is 307 g/mol. The Morgan fingerprint density at radius 3 is 2.53 bits per heavy atom. The number of hydrogen-bond acceptors (Lipinski definition) is 2. The summed E-state index contributed by atoms with van der Waals surface area (Å²) in [5.41, 5.74) is 2.19. The molecule has 0 radical (unpaired) electrons. The van der Waals surface area contributed by atoms with E-state index in [0.717, 1.165) is 24.2 Å². The third kappa shape index (κ3) is 2.90. The highest BCUT2D eigenvalue weighted by Gasteiger charge is 2.16. The molecule has 2 rings (SSSR count). The average molecular weight is 320 g/mol. The van der Waals surface area contributed by atoms with Crippen LogP contribution in [0, 0.1) is 0 Å². The molecule has 0 amide bonds. The molecule has 0 atom stereocenters. The highest BCUT2D eigenvalue weighted by molar-refractivity contribution is 6.42. The van der Waals surface area contributed by atoms with Crippen molar-refractivity contribution in [3.63, 3.8) is 0 Å². The van der Waals surface area contributed by atoms with Crippen molar-refractivity contribution in [1.29, 1.82) is 0 Å². The second-order valence-corrected chi connectivity index (χ2v) is 5.31. The van der Waals surface area contributed by atoms with E-state index in [1.165, 1.54) is 0 Å². The van der Waals surface area contributed by atoms with Gasteiger partial charge in [-0.1, -0.05) is 48.1 Å². The number of aliphatic hydroxyl groups excluding tert-OH is 1. The quantitative estimate of drug-likeness (QED) is 0.913. The maximum atomic E-state index is 9.40. The Labute approximate surface area is 126 Å². The lowest BCUT2D eigenvalue weighted by molar-refractivity contribution is 0.280. The summed E-state index contributed by atoms with van der Waals surface area (Å²) in [6.45, 7) is 1.92. The minimum Gasteiger partial charge on any atom is -0.391 e. The van der Waals surface area contributed by atoms with Crippen molar-refractivity contribution in [1.82, 2.24) is 9.78 Å². The van der Waals surface area contributed by atoms with Gasteiger partial charge in [-0.25, -0.2) is 4.68 Å². The van der Waals surface area contributed by atoms with Crippen molar-refractivity contribution in [2.24, 2.45) is 0 Å². The van der Waals surface area contributed by atoms with Crippen LogP contribution < -0.4 is 0 Å². The van der Waals surface area contributed by atoms with Gasteiger partial charge in [0.15, 0.2) is 0 Å². The normalized spacial score (nSPS) is 11.0. The van der Waals surface area contributed by atoms with Gasteiger partial charge in [-0.05, 0) is 24.6 Å². The molecule has 1 heterocycles. The molecule has 0 fully saturated rings. The van der Waals surface area contributed by atoms with Gasteiger partial charge in [0.25, 0.3) is 0 Å². The van der Waals surface area contributed by atoms with Crippen LogP contribution in [0.3, 0.4) is 0 Å². The predicted octanol–water partition coefficient (Wildman–Crippen LogP) is 4.28. The van der Waals surface area contributed by atoms with Gasteiger partial charge in [-0.2, -0.15) is 5.10 Å². The highest BCUT2D eigenvalue weighted by atomic mass is 35.5. The Bertz CT molecular complexity index is 596. The fourth-order valence-electron chi connectivity index (χ4n) is 1.85. The molecule has 0 aliphatic rings. The molecule has 0 saturated heterocycles. The van der Waals surface area contributed by atoms with E-state index in [0.29, 0.717) is 20.8 Å². The summed E-state index contributed by atoms with van der Waals surface area (Å²) in [4.78, 5) is 0. The topological polar surface area (TPSA) is 38.0 Å². The molecule has 0 saturated carbocycles. The van der Waals surface area contributed by atoms with Crippen molar-refractivity contribution >= 4 is 34.8 Å². The van der Waals surface area contributed by atoms with Crippen LogP contribution in [0.2, 0.25) is 15.2 Å². The zero-order chi connectivity index (χ0) is 14.0. The van der Waals surface area contributed by atoms with Crippen LogP contribution in [-0.4, -0.2) is 14.9 Å². The van der Waals surface area contributed by atoms with Crippen LogP contribution in [0.25, 0.3) is 5.69 Å². The number of rotatable bonds is 4. The van der Waals surface area contributed by atoms with Gasteiger partial charge in [-0.3, -0.25) is 0 Å². The molecule has 0 unspecified atom stereocenters. The van der Waals surface area contributed by atoms with E-state index >= 15 is 0 Å². The second-order valence-electron chi connectivity index (χ2n) is 4.13. The molecule has 1 N–H and O–H groups in total. The number of aryl methyl sites for hydroxylation is 1. The molecule has 2 aromatic rings.